The lowest BCUT2D eigenvalue weighted by atomic mass is 10.2. The third kappa shape index (κ3) is 5.43. The molecule has 148 valence electrons. The Labute approximate surface area is 176 Å². The first-order valence-electron chi connectivity index (χ1n) is 8.75. The molecule has 8 heteroatoms. The summed E-state index contributed by atoms with van der Waals surface area (Å²) in [5.41, 5.74) is 1.31. The number of thiophene rings is 1. The molecule has 0 aliphatic carbocycles. The molecule has 3 N–H and O–H groups in total. The first-order chi connectivity index (χ1) is 13.9. The number of carbonyl (C=O) groups excluding carboxylic acids is 3. The van der Waals surface area contributed by atoms with Gasteiger partial charge in [-0.1, -0.05) is 29.8 Å². The summed E-state index contributed by atoms with van der Waals surface area (Å²) in [6.07, 6.45) is 0. The van der Waals surface area contributed by atoms with Gasteiger partial charge in [-0.25, -0.2) is 0 Å². The van der Waals surface area contributed by atoms with Crippen LogP contribution in [-0.2, 0) is 4.79 Å². The average Bonchev–Trinajstić information content (AvgIpc) is 3.25. The molecule has 29 heavy (non-hydrogen) atoms. The van der Waals surface area contributed by atoms with Crippen molar-refractivity contribution in [2.24, 2.45) is 0 Å². The van der Waals surface area contributed by atoms with Crippen molar-refractivity contribution in [3.05, 3.63) is 81.5 Å². The maximum atomic E-state index is 12.5. The third-order valence-electron chi connectivity index (χ3n) is 4.03. The van der Waals surface area contributed by atoms with E-state index < -0.39 is 11.9 Å². The zero-order valence-corrected chi connectivity index (χ0v) is 17.0. The Kier molecular flexibility index (Phi) is 6.64. The molecule has 0 fully saturated rings. The van der Waals surface area contributed by atoms with Crippen LogP contribution < -0.4 is 16.0 Å². The summed E-state index contributed by atoms with van der Waals surface area (Å²) in [5.74, 6) is -1.06. The first-order valence-corrected chi connectivity index (χ1v) is 10.0. The van der Waals surface area contributed by atoms with Crippen molar-refractivity contribution in [3.8, 4) is 0 Å². The molecule has 6 nitrogen and oxygen atoms in total. The van der Waals surface area contributed by atoms with Gasteiger partial charge in [0.2, 0.25) is 5.91 Å². The number of anilines is 2. The molecule has 1 aromatic heterocycles. The fourth-order valence-corrected chi connectivity index (χ4v) is 3.23. The van der Waals surface area contributed by atoms with Crippen molar-refractivity contribution in [2.45, 2.75) is 13.0 Å². The van der Waals surface area contributed by atoms with Gasteiger partial charge in [-0.3, -0.25) is 14.4 Å². The Balaban J connectivity index is 1.64. The lowest BCUT2D eigenvalue weighted by molar-refractivity contribution is -0.117. The monoisotopic (exact) mass is 427 g/mol. The average molecular weight is 428 g/mol. The molecule has 3 rings (SSSR count). The molecule has 1 atom stereocenters. The van der Waals surface area contributed by atoms with Crippen molar-refractivity contribution < 1.29 is 14.4 Å². The van der Waals surface area contributed by atoms with E-state index in [1.54, 1.807) is 67.6 Å². The minimum atomic E-state index is -0.792. The molecule has 0 radical (unpaired) electrons. The number of benzene rings is 2. The second kappa shape index (κ2) is 9.36. The molecule has 0 saturated heterocycles. The van der Waals surface area contributed by atoms with Crippen molar-refractivity contribution >= 4 is 52.0 Å². The van der Waals surface area contributed by atoms with Crippen LogP contribution in [-0.4, -0.2) is 23.8 Å². The van der Waals surface area contributed by atoms with Crippen LogP contribution in [0.1, 0.15) is 27.0 Å². The highest BCUT2D eigenvalue weighted by molar-refractivity contribution is 7.12. The number of para-hydroxylation sites is 2. The van der Waals surface area contributed by atoms with E-state index in [4.69, 9.17) is 11.6 Å². The van der Waals surface area contributed by atoms with E-state index >= 15 is 0 Å². The Morgan fingerprint density at radius 1 is 0.862 bits per heavy atom. The predicted molar refractivity (Wildman–Crippen MR) is 116 cm³/mol. The normalized spacial score (nSPS) is 11.4. The number of rotatable bonds is 6. The molecule has 3 aromatic rings. The van der Waals surface area contributed by atoms with Crippen molar-refractivity contribution in [3.63, 3.8) is 0 Å². The zero-order valence-electron chi connectivity index (χ0n) is 15.4. The Morgan fingerprint density at radius 3 is 2.14 bits per heavy atom. The quantitative estimate of drug-likeness (QED) is 0.544. The highest BCUT2D eigenvalue weighted by Crippen LogP contribution is 2.23. The molecule has 3 amide bonds. The number of halogens is 1. The van der Waals surface area contributed by atoms with Gasteiger partial charge in [0.15, 0.2) is 0 Å². The summed E-state index contributed by atoms with van der Waals surface area (Å²) in [7, 11) is 0. The summed E-state index contributed by atoms with van der Waals surface area (Å²) in [4.78, 5) is 37.7. The van der Waals surface area contributed by atoms with Crippen LogP contribution in [0.15, 0.2) is 66.0 Å². The van der Waals surface area contributed by atoms with Crippen molar-refractivity contribution in [1.29, 1.82) is 0 Å². The van der Waals surface area contributed by atoms with E-state index in [0.29, 0.717) is 26.8 Å². The van der Waals surface area contributed by atoms with Gasteiger partial charge in [0.1, 0.15) is 6.04 Å². The summed E-state index contributed by atoms with van der Waals surface area (Å²) in [6.45, 7) is 1.58. The summed E-state index contributed by atoms with van der Waals surface area (Å²) in [6, 6.07) is 16.0. The van der Waals surface area contributed by atoms with Gasteiger partial charge in [-0.05, 0) is 54.8 Å². The Bertz CT molecular complexity index is 1020. The molecule has 0 spiro atoms. The van der Waals surface area contributed by atoms with Crippen LogP contribution in [0.4, 0.5) is 11.4 Å². The molecule has 1 heterocycles. The minimum Gasteiger partial charge on any atom is -0.341 e. The zero-order chi connectivity index (χ0) is 20.8. The van der Waals surface area contributed by atoms with Crippen molar-refractivity contribution in [1.82, 2.24) is 5.32 Å². The van der Waals surface area contributed by atoms with Crippen molar-refractivity contribution in [2.75, 3.05) is 10.6 Å². The van der Waals surface area contributed by atoms with Gasteiger partial charge in [-0.15, -0.1) is 11.3 Å². The van der Waals surface area contributed by atoms with Crippen LogP contribution in [0.25, 0.3) is 0 Å². The molecular formula is C21H18ClN3O3S. The summed E-state index contributed by atoms with van der Waals surface area (Å²) in [5, 5.41) is 10.5. The van der Waals surface area contributed by atoms with Gasteiger partial charge in [0.05, 0.1) is 16.3 Å². The number of nitrogens with one attached hydrogen (secondary N) is 3. The summed E-state index contributed by atoms with van der Waals surface area (Å²) >= 11 is 7.15. The second-order valence-electron chi connectivity index (χ2n) is 6.17. The van der Waals surface area contributed by atoms with Crippen LogP contribution in [0.5, 0.6) is 0 Å². The van der Waals surface area contributed by atoms with E-state index in [1.165, 1.54) is 11.3 Å². The van der Waals surface area contributed by atoms with Gasteiger partial charge in [0.25, 0.3) is 11.8 Å². The second-order valence-corrected chi connectivity index (χ2v) is 7.55. The third-order valence-corrected chi connectivity index (χ3v) is 5.15. The fourth-order valence-electron chi connectivity index (χ4n) is 2.48. The van der Waals surface area contributed by atoms with Gasteiger partial charge in [-0.2, -0.15) is 0 Å². The fraction of sp³-hybridized carbons (Fsp3) is 0.0952. The first kappa shape index (κ1) is 20.6. The standard InChI is InChI=1S/C21H18ClN3O3S/c1-13(23-20(27)14-8-10-15(22)11-9-14)19(26)24-16-5-2-3-6-17(16)25-21(28)18-7-4-12-29-18/h2-13H,1H3,(H,23,27)(H,24,26)(H,25,28). The van der Waals surface area contributed by atoms with E-state index in [-0.39, 0.29) is 11.8 Å². The van der Waals surface area contributed by atoms with E-state index in [9.17, 15) is 14.4 Å². The van der Waals surface area contributed by atoms with Crippen LogP contribution in [0.3, 0.4) is 0 Å². The van der Waals surface area contributed by atoms with Crippen LogP contribution in [0, 0.1) is 0 Å². The lowest BCUT2D eigenvalue weighted by Gasteiger charge is -2.16. The number of amides is 3. The molecule has 2 aromatic carbocycles. The topological polar surface area (TPSA) is 87.3 Å². The number of carbonyl (C=O) groups is 3. The largest absolute Gasteiger partial charge is 0.341 e. The lowest BCUT2D eigenvalue weighted by Crippen LogP contribution is -2.41. The molecule has 0 aliphatic heterocycles. The molecule has 0 saturated carbocycles. The van der Waals surface area contributed by atoms with Crippen LogP contribution >= 0.6 is 22.9 Å². The van der Waals surface area contributed by atoms with E-state index in [1.807, 2.05) is 5.38 Å². The predicted octanol–water partition coefficient (Wildman–Crippen LogP) is 4.41. The van der Waals surface area contributed by atoms with E-state index in [2.05, 4.69) is 16.0 Å². The molecule has 1 unspecified atom stereocenters. The van der Waals surface area contributed by atoms with E-state index in [0.717, 1.165) is 0 Å². The Hall–Kier alpha value is -3.16. The summed E-state index contributed by atoms with van der Waals surface area (Å²) < 4.78 is 0. The SMILES string of the molecule is CC(NC(=O)c1ccc(Cl)cc1)C(=O)Nc1ccccc1NC(=O)c1cccs1. The molecule has 0 bridgehead atoms. The van der Waals surface area contributed by atoms with Crippen LogP contribution in [0.2, 0.25) is 5.02 Å². The Morgan fingerprint density at radius 2 is 1.52 bits per heavy atom. The number of hydrogen-bond donors (Lipinski definition) is 3. The van der Waals surface area contributed by atoms with Gasteiger partial charge in [0, 0.05) is 10.6 Å². The maximum absolute atomic E-state index is 12.5. The minimum absolute atomic E-state index is 0.259. The molecular weight excluding hydrogens is 410 g/mol. The van der Waals surface area contributed by atoms with Gasteiger partial charge < -0.3 is 16.0 Å². The highest BCUT2D eigenvalue weighted by Gasteiger charge is 2.18. The molecule has 0 aliphatic rings. The highest BCUT2D eigenvalue weighted by atomic mass is 35.5. The van der Waals surface area contributed by atoms with Gasteiger partial charge >= 0.3 is 0 Å². The maximum Gasteiger partial charge on any atom is 0.265 e. The smallest absolute Gasteiger partial charge is 0.265 e. The number of hydrogen-bond acceptors (Lipinski definition) is 4.